The van der Waals surface area contributed by atoms with Crippen LogP contribution in [0.2, 0.25) is 0 Å². The highest BCUT2D eigenvalue weighted by Gasteiger charge is 2.41. The quantitative estimate of drug-likeness (QED) is 0.132. The van der Waals surface area contributed by atoms with Gasteiger partial charge < -0.3 is 19.7 Å². The van der Waals surface area contributed by atoms with E-state index in [1.165, 1.54) is 0 Å². The molecule has 0 aliphatic rings. The molecular weight excluding hydrogens is 568 g/mol. The van der Waals surface area contributed by atoms with Crippen LogP contribution in [-0.4, -0.2) is 35.6 Å². The smallest absolute Gasteiger partial charge is 0.143 e. The van der Waals surface area contributed by atoms with E-state index in [1.54, 1.807) is 0 Å². The second kappa shape index (κ2) is 14.5. The van der Waals surface area contributed by atoms with Crippen LogP contribution >= 0.6 is 0 Å². The Morgan fingerprint density at radius 1 is 0.326 bits per heavy atom. The lowest BCUT2D eigenvalue weighted by molar-refractivity contribution is -0.114. The minimum Gasteiger partial charge on any atom is -0.388 e. The summed E-state index contributed by atoms with van der Waals surface area (Å²) in [6.07, 6.45) is -2.48. The maximum Gasteiger partial charge on any atom is 0.143 e. The molecule has 2 atom stereocenters. The molecule has 2 N–H and O–H groups in total. The third-order valence-electron chi connectivity index (χ3n) is 8.47. The van der Waals surface area contributed by atoms with E-state index in [9.17, 15) is 10.2 Å². The lowest BCUT2D eigenvalue weighted by atomic mass is 9.80. The number of aliphatic hydroxyl groups is 2. The molecule has 0 amide bonds. The van der Waals surface area contributed by atoms with E-state index in [1.807, 2.05) is 182 Å². The van der Waals surface area contributed by atoms with Gasteiger partial charge in [0.2, 0.25) is 0 Å². The maximum absolute atomic E-state index is 11.5. The minimum absolute atomic E-state index is 0.141. The molecule has 0 saturated carbocycles. The molecule has 46 heavy (non-hydrogen) atoms. The van der Waals surface area contributed by atoms with Gasteiger partial charge in [0.05, 0.1) is 13.2 Å². The van der Waals surface area contributed by atoms with Crippen molar-refractivity contribution in [1.82, 2.24) is 0 Å². The SMILES string of the molecule is O[C@@H](COC(c1ccccc1)(c1ccccc1)c1ccccc1)[C@@H](O)COC(c1ccccc1)(c1ccccc1)c1ccccc1. The van der Waals surface area contributed by atoms with Gasteiger partial charge in [-0.25, -0.2) is 0 Å². The van der Waals surface area contributed by atoms with Gasteiger partial charge in [-0.3, -0.25) is 0 Å². The van der Waals surface area contributed by atoms with Crippen molar-refractivity contribution in [2.24, 2.45) is 0 Å². The summed E-state index contributed by atoms with van der Waals surface area (Å²) in [5.41, 5.74) is 3.47. The first-order chi connectivity index (χ1) is 22.6. The molecule has 0 bridgehead atoms. The highest BCUT2D eigenvalue weighted by Crippen LogP contribution is 2.42. The maximum atomic E-state index is 11.5. The zero-order valence-corrected chi connectivity index (χ0v) is 25.6. The van der Waals surface area contributed by atoms with Crippen molar-refractivity contribution in [3.63, 3.8) is 0 Å². The molecule has 0 fully saturated rings. The Morgan fingerprint density at radius 2 is 0.500 bits per heavy atom. The van der Waals surface area contributed by atoms with Gasteiger partial charge in [0, 0.05) is 0 Å². The summed E-state index contributed by atoms with van der Waals surface area (Å²) in [4.78, 5) is 0. The molecule has 0 unspecified atom stereocenters. The van der Waals surface area contributed by atoms with E-state index in [0.29, 0.717) is 0 Å². The van der Waals surface area contributed by atoms with Crippen molar-refractivity contribution in [1.29, 1.82) is 0 Å². The molecule has 0 heterocycles. The molecule has 0 radical (unpaired) electrons. The normalized spacial score (nSPS) is 13.2. The van der Waals surface area contributed by atoms with Crippen LogP contribution in [0.1, 0.15) is 33.4 Å². The van der Waals surface area contributed by atoms with E-state index in [4.69, 9.17) is 9.47 Å². The molecule has 230 valence electrons. The second-order valence-corrected chi connectivity index (χ2v) is 11.3. The van der Waals surface area contributed by atoms with Crippen molar-refractivity contribution < 1.29 is 19.7 Å². The predicted octanol–water partition coefficient (Wildman–Crippen LogP) is 7.73. The summed E-state index contributed by atoms with van der Waals surface area (Å²) in [7, 11) is 0. The van der Waals surface area contributed by atoms with E-state index >= 15 is 0 Å². The molecule has 0 aliphatic carbocycles. The van der Waals surface area contributed by atoms with Gasteiger partial charge in [-0.05, 0) is 33.4 Å². The van der Waals surface area contributed by atoms with Crippen LogP contribution in [0.5, 0.6) is 0 Å². The van der Waals surface area contributed by atoms with Crippen molar-refractivity contribution in [3.05, 3.63) is 215 Å². The number of benzene rings is 6. The summed E-state index contributed by atoms with van der Waals surface area (Å²) in [6.45, 7) is -0.281. The van der Waals surface area contributed by atoms with Crippen LogP contribution < -0.4 is 0 Å². The fourth-order valence-corrected chi connectivity index (χ4v) is 6.18. The van der Waals surface area contributed by atoms with Crippen LogP contribution in [0.3, 0.4) is 0 Å². The zero-order chi connectivity index (χ0) is 31.7. The van der Waals surface area contributed by atoms with Gasteiger partial charge in [0.1, 0.15) is 23.4 Å². The molecule has 0 aliphatic heterocycles. The van der Waals surface area contributed by atoms with Crippen LogP contribution in [0.15, 0.2) is 182 Å². The highest BCUT2D eigenvalue weighted by atomic mass is 16.5. The summed E-state index contributed by atoms with van der Waals surface area (Å²) in [6, 6.07) is 59.9. The first-order valence-corrected chi connectivity index (χ1v) is 15.6. The predicted molar refractivity (Wildman–Crippen MR) is 182 cm³/mol. The molecule has 0 saturated heterocycles. The van der Waals surface area contributed by atoms with Gasteiger partial charge in [-0.1, -0.05) is 182 Å². The molecule has 6 rings (SSSR count). The van der Waals surface area contributed by atoms with Gasteiger partial charge in [-0.15, -0.1) is 0 Å². The summed E-state index contributed by atoms with van der Waals surface area (Å²) < 4.78 is 13.6. The first kappa shape index (κ1) is 31.2. The molecule has 4 heteroatoms. The lowest BCUT2D eigenvalue weighted by Crippen LogP contribution is -2.42. The summed E-state index contributed by atoms with van der Waals surface area (Å²) in [5.74, 6) is 0. The molecule has 6 aromatic carbocycles. The fourth-order valence-electron chi connectivity index (χ4n) is 6.18. The third-order valence-corrected chi connectivity index (χ3v) is 8.47. The van der Waals surface area contributed by atoms with E-state index in [-0.39, 0.29) is 13.2 Å². The number of hydrogen-bond donors (Lipinski definition) is 2. The lowest BCUT2D eigenvalue weighted by Gasteiger charge is -2.38. The minimum atomic E-state index is -1.24. The standard InChI is InChI=1S/C42H38O4/c43-39(31-45-41(33-19-7-1-8-20-33,34-21-9-2-10-22-34)35-23-11-3-12-24-35)40(44)32-46-42(36-25-13-4-14-26-36,37-27-15-5-16-28-37)38-29-17-6-18-30-38/h1-30,39-40,43-44H,31-32H2/t39-,40-/m0/s1. The number of ether oxygens (including phenoxy) is 2. The summed E-state index contributed by atoms with van der Waals surface area (Å²) >= 11 is 0. The molecular formula is C42H38O4. The van der Waals surface area contributed by atoms with Crippen LogP contribution in [-0.2, 0) is 20.7 Å². The van der Waals surface area contributed by atoms with Crippen LogP contribution in [0.4, 0.5) is 0 Å². The van der Waals surface area contributed by atoms with Crippen molar-refractivity contribution >= 4 is 0 Å². The Bertz CT molecular complexity index is 1420. The van der Waals surface area contributed by atoms with E-state index < -0.39 is 23.4 Å². The zero-order valence-electron chi connectivity index (χ0n) is 25.6. The van der Waals surface area contributed by atoms with Gasteiger partial charge >= 0.3 is 0 Å². The van der Waals surface area contributed by atoms with Gasteiger partial charge in [-0.2, -0.15) is 0 Å². The Balaban J connectivity index is 1.32. The van der Waals surface area contributed by atoms with Crippen molar-refractivity contribution in [2.75, 3.05) is 13.2 Å². The van der Waals surface area contributed by atoms with Crippen molar-refractivity contribution in [3.8, 4) is 0 Å². The average Bonchev–Trinajstić information content (AvgIpc) is 3.14. The molecule has 0 aromatic heterocycles. The Hall–Kier alpha value is -4.84. The Labute approximate surface area is 271 Å². The van der Waals surface area contributed by atoms with E-state index in [2.05, 4.69) is 0 Å². The highest BCUT2D eigenvalue weighted by molar-refractivity contribution is 5.49. The molecule has 4 nitrogen and oxygen atoms in total. The first-order valence-electron chi connectivity index (χ1n) is 15.6. The Kier molecular flexibility index (Phi) is 9.82. The van der Waals surface area contributed by atoms with Crippen molar-refractivity contribution in [2.45, 2.75) is 23.4 Å². The van der Waals surface area contributed by atoms with Crippen LogP contribution in [0, 0.1) is 0 Å². The average molecular weight is 607 g/mol. The topological polar surface area (TPSA) is 58.9 Å². The van der Waals surface area contributed by atoms with Gasteiger partial charge in [0.25, 0.3) is 0 Å². The largest absolute Gasteiger partial charge is 0.388 e. The number of aliphatic hydroxyl groups excluding tert-OH is 2. The number of hydrogen-bond acceptors (Lipinski definition) is 4. The molecule has 0 spiro atoms. The second-order valence-electron chi connectivity index (χ2n) is 11.3. The Morgan fingerprint density at radius 3 is 0.674 bits per heavy atom. The third kappa shape index (κ3) is 6.30. The van der Waals surface area contributed by atoms with Gasteiger partial charge in [0.15, 0.2) is 0 Å². The van der Waals surface area contributed by atoms with E-state index in [0.717, 1.165) is 33.4 Å². The summed E-state index contributed by atoms with van der Waals surface area (Å²) in [5, 5.41) is 23.0. The monoisotopic (exact) mass is 606 g/mol. The van der Waals surface area contributed by atoms with Crippen LogP contribution in [0.25, 0.3) is 0 Å². The molecule has 6 aromatic rings. The fraction of sp³-hybridized carbons (Fsp3) is 0.143. The number of rotatable bonds is 13.